The molecule has 3 aromatic rings. The molecule has 6 nitrogen and oxygen atoms in total. The van der Waals surface area contributed by atoms with E-state index in [4.69, 9.17) is 5.14 Å². The minimum atomic E-state index is -5.07. The largest absolute Gasteiger partial charge is 0.573 e. The van der Waals surface area contributed by atoms with Gasteiger partial charge in [-0.05, 0) is 42.0 Å². The maximum atomic E-state index is 14.2. The number of halogens is 7. The van der Waals surface area contributed by atoms with Crippen LogP contribution in [0.15, 0.2) is 51.9 Å². The van der Waals surface area contributed by atoms with Gasteiger partial charge in [-0.15, -0.1) is 13.2 Å². The number of rotatable bonds is 4. The fraction of sp³-hybridized carbons (Fsp3) is 0.118. The van der Waals surface area contributed by atoms with Crippen molar-refractivity contribution in [3.05, 3.63) is 54.0 Å². The topological polar surface area (TPSA) is 95.4 Å². The summed E-state index contributed by atoms with van der Waals surface area (Å²) in [5.74, 6) is -3.68. The molecule has 0 radical (unpaired) electrons. The molecule has 0 saturated carbocycles. The fourth-order valence-electron chi connectivity index (χ4n) is 2.65. The van der Waals surface area contributed by atoms with Gasteiger partial charge in [0.05, 0.1) is 5.56 Å². The SMILES string of the molecule is NS(=O)(=O)c1ccc(-c2c(-c3ccc(OC(F)(F)F)cc3)noc2C(F)(F)F)cc1F. The number of hydrogen-bond donors (Lipinski definition) is 1. The predicted molar refractivity (Wildman–Crippen MR) is 90.4 cm³/mol. The van der Waals surface area contributed by atoms with E-state index in [-0.39, 0.29) is 5.56 Å². The summed E-state index contributed by atoms with van der Waals surface area (Å²) in [6.07, 6.45) is -10.1. The summed E-state index contributed by atoms with van der Waals surface area (Å²) in [7, 11) is -4.48. The summed E-state index contributed by atoms with van der Waals surface area (Å²) >= 11 is 0. The Kier molecular flexibility index (Phi) is 5.48. The molecule has 0 saturated heterocycles. The molecule has 0 aliphatic carbocycles. The number of aromatic nitrogens is 1. The van der Waals surface area contributed by atoms with Crippen LogP contribution in [-0.2, 0) is 16.2 Å². The van der Waals surface area contributed by atoms with E-state index in [2.05, 4.69) is 14.4 Å². The first-order valence-corrected chi connectivity index (χ1v) is 9.47. The smallest absolute Gasteiger partial charge is 0.406 e. The highest BCUT2D eigenvalue weighted by molar-refractivity contribution is 7.89. The average Bonchev–Trinajstić information content (AvgIpc) is 3.05. The Bertz CT molecular complexity index is 1220. The molecule has 166 valence electrons. The maximum Gasteiger partial charge on any atom is 0.573 e. The van der Waals surface area contributed by atoms with E-state index in [0.29, 0.717) is 12.1 Å². The van der Waals surface area contributed by atoms with E-state index >= 15 is 0 Å². The average molecular weight is 470 g/mol. The van der Waals surface area contributed by atoms with Gasteiger partial charge in [-0.1, -0.05) is 11.2 Å². The van der Waals surface area contributed by atoms with Gasteiger partial charge in [0, 0.05) is 5.56 Å². The van der Waals surface area contributed by atoms with Gasteiger partial charge in [-0.3, -0.25) is 0 Å². The van der Waals surface area contributed by atoms with Crippen LogP contribution >= 0.6 is 0 Å². The van der Waals surface area contributed by atoms with Crippen molar-refractivity contribution in [3.8, 4) is 28.1 Å². The van der Waals surface area contributed by atoms with E-state index in [1.54, 1.807) is 0 Å². The maximum absolute atomic E-state index is 14.2. The normalized spacial score (nSPS) is 12.8. The Labute approximate surface area is 169 Å². The van der Waals surface area contributed by atoms with Crippen LogP contribution < -0.4 is 9.88 Å². The minimum absolute atomic E-state index is 0.111. The zero-order chi connectivity index (χ0) is 23.2. The fourth-order valence-corrected chi connectivity index (χ4v) is 3.24. The summed E-state index contributed by atoms with van der Waals surface area (Å²) < 4.78 is 122. The number of sulfonamides is 1. The highest BCUT2D eigenvalue weighted by Gasteiger charge is 2.41. The number of hydrogen-bond acceptors (Lipinski definition) is 5. The summed E-state index contributed by atoms with van der Waals surface area (Å²) in [6.45, 7) is 0. The molecule has 2 N–H and O–H groups in total. The Morgan fingerprint density at radius 1 is 0.935 bits per heavy atom. The van der Waals surface area contributed by atoms with Crippen molar-refractivity contribution in [2.24, 2.45) is 5.14 Å². The van der Waals surface area contributed by atoms with Gasteiger partial charge >= 0.3 is 12.5 Å². The lowest BCUT2D eigenvalue weighted by atomic mass is 9.98. The first-order valence-electron chi connectivity index (χ1n) is 7.92. The molecule has 0 aliphatic rings. The number of alkyl halides is 6. The van der Waals surface area contributed by atoms with Crippen molar-refractivity contribution in [3.63, 3.8) is 0 Å². The molecule has 14 heteroatoms. The Morgan fingerprint density at radius 2 is 1.52 bits per heavy atom. The van der Waals surface area contributed by atoms with E-state index in [1.165, 1.54) is 0 Å². The zero-order valence-corrected chi connectivity index (χ0v) is 15.6. The molecule has 2 aromatic carbocycles. The standard InChI is InChI=1S/C17H9F7N2O4S/c18-11-7-9(3-6-12(11)31(25,27)28)13-14(26-30-15(13)16(19,20)21)8-1-4-10(5-2-8)29-17(22,23)24/h1-7H,(H2,25,27,28). The van der Waals surface area contributed by atoms with Gasteiger partial charge in [0.15, 0.2) is 0 Å². The summed E-state index contributed by atoms with van der Waals surface area (Å²) in [6, 6.07) is 5.65. The predicted octanol–water partition coefficient (Wildman–Crippen LogP) is 4.71. The van der Waals surface area contributed by atoms with Gasteiger partial charge < -0.3 is 9.26 Å². The summed E-state index contributed by atoms with van der Waals surface area (Å²) in [4.78, 5) is -0.948. The van der Waals surface area contributed by atoms with Gasteiger partial charge in [0.1, 0.15) is 22.2 Å². The van der Waals surface area contributed by atoms with Crippen LogP contribution in [0.3, 0.4) is 0 Å². The van der Waals surface area contributed by atoms with Crippen molar-refractivity contribution < 1.29 is 48.4 Å². The molecule has 0 spiro atoms. The van der Waals surface area contributed by atoms with Crippen LogP contribution in [0.2, 0.25) is 0 Å². The number of nitrogens with zero attached hydrogens (tertiary/aromatic N) is 1. The van der Waals surface area contributed by atoms with E-state index < -0.39 is 61.6 Å². The Hall–Kier alpha value is -3.13. The second-order valence-corrected chi connectivity index (χ2v) is 7.53. The molecule has 0 atom stereocenters. The minimum Gasteiger partial charge on any atom is -0.406 e. The Balaban J connectivity index is 2.15. The molecule has 0 fully saturated rings. The highest BCUT2D eigenvalue weighted by atomic mass is 32.2. The third-order valence-corrected chi connectivity index (χ3v) is 4.78. The van der Waals surface area contributed by atoms with Gasteiger partial charge in [-0.25, -0.2) is 17.9 Å². The summed E-state index contributed by atoms with van der Waals surface area (Å²) in [5.41, 5.74) is -1.80. The molecular weight excluding hydrogens is 461 g/mol. The second-order valence-electron chi connectivity index (χ2n) is 6.00. The van der Waals surface area contributed by atoms with Crippen LogP contribution in [-0.4, -0.2) is 19.9 Å². The molecule has 1 heterocycles. The van der Waals surface area contributed by atoms with Crippen molar-refractivity contribution in [2.75, 3.05) is 0 Å². The second kappa shape index (κ2) is 7.53. The zero-order valence-electron chi connectivity index (χ0n) is 14.8. The monoisotopic (exact) mass is 470 g/mol. The Morgan fingerprint density at radius 3 is 2.00 bits per heavy atom. The van der Waals surface area contributed by atoms with Crippen LogP contribution in [0.5, 0.6) is 5.75 Å². The van der Waals surface area contributed by atoms with Crippen LogP contribution in [0.4, 0.5) is 30.7 Å². The molecule has 1 aromatic heterocycles. The summed E-state index contributed by atoms with van der Waals surface area (Å²) in [5, 5.41) is 8.14. The quantitative estimate of drug-likeness (QED) is 0.558. The molecule has 0 unspecified atom stereocenters. The highest BCUT2D eigenvalue weighted by Crippen LogP contribution is 2.43. The van der Waals surface area contributed by atoms with Gasteiger partial charge in [0.2, 0.25) is 15.8 Å². The van der Waals surface area contributed by atoms with Crippen LogP contribution in [0, 0.1) is 5.82 Å². The molecule has 31 heavy (non-hydrogen) atoms. The number of nitrogens with two attached hydrogens (primary N) is 1. The first-order chi connectivity index (χ1) is 14.2. The van der Waals surface area contributed by atoms with Crippen molar-refractivity contribution in [1.82, 2.24) is 5.16 Å². The van der Waals surface area contributed by atoms with Crippen LogP contribution in [0.25, 0.3) is 22.4 Å². The van der Waals surface area contributed by atoms with E-state index in [9.17, 15) is 39.2 Å². The molecular formula is C17H9F7N2O4S. The van der Waals surface area contributed by atoms with Crippen LogP contribution in [0.1, 0.15) is 5.76 Å². The lowest BCUT2D eigenvalue weighted by molar-refractivity contribution is -0.274. The van der Waals surface area contributed by atoms with E-state index in [1.807, 2.05) is 0 Å². The van der Waals surface area contributed by atoms with E-state index in [0.717, 1.165) is 30.3 Å². The lowest BCUT2D eigenvalue weighted by Gasteiger charge is -2.10. The third kappa shape index (κ3) is 4.96. The van der Waals surface area contributed by atoms with Crippen molar-refractivity contribution in [2.45, 2.75) is 17.4 Å². The van der Waals surface area contributed by atoms with Gasteiger partial charge in [-0.2, -0.15) is 13.2 Å². The number of benzene rings is 2. The lowest BCUT2D eigenvalue weighted by Crippen LogP contribution is -2.16. The number of primary sulfonamides is 1. The molecule has 0 amide bonds. The molecule has 0 bridgehead atoms. The number of ether oxygens (including phenoxy) is 1. The van der Waals surface area contributed by atoms with Gasteiger partial charge in [0.25, 0.3) is 0 Å². The molecule has 0 aliphatic heterocycles. The third-order valence-electron chi connectivity index (χ3n) is 3.84. The molecule has 3 rings (SSSR count). The van der Waals surface area contributed by atoms with Crippen molar-refractivity contribution >= 4 is 10.0 Å². The first kappa shape index (κ1) is 22.6. The van der Waals surface area contributed by atoms with Crippen molar-refractivity contribution in [1.29, 1.82) is 0 Å².